The second-order valence-corrected chi connectivity index (χ2v) is 7.37. The van der Waals surface area contributed by atoms with Crippen LogP contribution in [0.4, 0.5) is 0 Å². The van der Waals surface area contributed by atoms with E-state index >= 15 is 0 Å². The highest BCUT2D eigenvalue weighted by Crippen LogP contribution is 2.13. The van der Waals surface area contributed by atoms with Crippen molar-refractivity contribution in [2.45, 2.75) is 25.3 Å². The molecule has 0 saturated carbocycles. The van der Waals surface area contributed by atoms with Gasteiger partial charge in [-0.3, -0.25) is 19.2 Å². The number of aromatic nitrogens is 2. The number of nitrogens with zero attached hydrogens (tertiary/aromatic N) is 4. The molecule has 150 valence electrons. The molecule has 2 heterocycles. The Morgan fingerprint density at radius 1 is 1.25 bits per heavy atom. The van der Waals surface area contributed by atoms with E-state index in [-0.39, 0.29) is 18.2 Å². The lowest BCUT2D eigenvalue weighted by Gasteiger charge is -2.35. The van der Waals surface area contributed by atoms with Crippen molar-refractivity contribution in [1.82, 2.24) is 24.9 Å². The minimum Gasteiger partial charge on any atom is -0.353 e. The summed E-state index contributed by atoms with van der Waals surface area (Å²) in [6.07, 6.45) is 5.61. The Hall–Kier alpha value is -2.67. The highest BCUT2D eigenvalue weighted by atomic mass is 16.2. The highest BCUT2D eigenvalue weighted by molar-refractivity contribution is 5.88. The average Bonchev–Trinajstić information content (AvgIpc) is 3.12. The first kappa shape index (κ1) is 20.1. The van der Waals surface area contributed by atoms with Crippen molar-refractivity contribution in [3.63, 3.8) is 0 Å². The number of amides is 2. The van der Waals surface area contributed by atoms with Gasteiger partial charge in [0.05, 0.1) is 18.7 Å². The number of carbonyl (C=O) groups excluding carboxylic acids is 2. The fourth-order valence-corrected chi connectivity index (χ4v) is 3.51. The molecule has 3 rings (SSSR count). The number of carbonyl (C=O) groups is 2. The van der Waals surface area contributed by atoms with Gasteiger partial charge in [0, 0.05) is 46.5 Å². The van der Waals surface area contributed by atoms with Crippen LogP contribution in [0, 0.1) is 0 Å². The van der Waals surface area contributed by atoms with E-state index < -0.39 is 6.04 Å². The Kier molecular flexibility index (Phi) is 6.81. The fourth-order valence-electron chi connectivity index (χ4n) is 3.51. The molecule has 2 amide bonds. The summed E-state index contributed by atoms with van der Waals surface area (Å²) in [5.74, 6) is -0.0519. The van der Waals surface area contributed by atoms with Crippen LogP contribution in [0.15, 0.2) is 42.7 Å². The SMILES string of the molecule is CN(CCc1cnn(C)c1)C(=O)C[C@@H]1C(=O)NCCN1CCc1ccccc1. The first-order valence-electron chi connectivity index (χ1n) is 9.80. The summed E-state index contributed by atoms with van der Waals surface area (Å²) in [5, 5.41) is 7.05. The number of rotatable bonds is 8. The Labute approximate surface area is 166 Å². The van der Waals surface area contributed by atoms with Crippen LogP contribution >= 0.6 is 0 Å². The van der Waals surface area contributed by atoms with Crippen molar-refractivity contribution in [1.29, 1.82) is 0 Å². The first-order valence-corrected chi connectivity index (χ1v) is 9.80. The highest BCUT2D eigenvalue weighted by Gasteiger charge is 2.32. The van der Waals surface area contributed by atoms with Crippen molar-refractivity contribution < 1.29 is 9.59 Å². The van der Waals surface area contributed by atoms with E-state index in [4.69, 9.17) is 0 Å². The summed E-state index contributed by atoms with van der Waals surface area (Å²) in [5.41, 5.74) is 2.34. The molecule has 0 spiro atoms. The molecule has 7 nitrogen and oxygen atoms in total. The predicted molar refractivity (Wildman–Crippen MR) is 108 cm³/mol. The van der Waals surface area contributed by atoms with Gasteiger partial charge in [-0.05, 0) is 24.0 Å². The average molecular weight is 383 g/mol. The van der Waals surface area contributed by atoms with E-state index in [1.165, 1.54) is 5.56 Å². The standard InChI is InChI=1S/C21H29N5O2/c1-24(11-8-18-15-23-25(2)16-18)20(27)14-19-21(28)22-10-13-26(19)12-9-17-6-4-3-5-7-17/h3-7,15-16,19H,8-14H2,1-2H3,(H,22,28)/t19-/m1/s1. The summed E-state index contributed by atoms with van der Waals surface area (Å²) in [6, 6.07) is 9.84. The van der Waals surface area contributed by atoms with E-state index in [0.29, 0.717) is 13.1 Å². The van der Waals surface area contributed by atoms with Crippen LogP contribution in [-0.4, -0.2) is 70.7 Å². The molecule has 1 saturated heterocycles. The first-order chi connectivity index (χ1) is 13.5. The molecular weight excluding hydrogens is 354 g/mol. The Morgan fingerprint density at radius 3 is 2.75 bits per heavy atom. The quantitative estimate of drug-likeness (QED) is 0.734. The number of nitrogens with one attached hydrogen (secondary N) is 1. The Balaban J connectivity index is 1.53. The van der Waals surface area contributed by atoms with Crippen LogP contribution in [-0.2, 0) is 29.5 Å². The van der Waals surface area contributed by atoms with Gasteiger partial charge >= 0.3 is 0 Å². The predicted octanol–water partition coefficient (Wildman–Crippen LogP) is 0.854. The third-order valence-electron chi connectivity index (χ3n) is 5.26. The topological polar surface area (TPSA) is 70.5 Å². The third-order valence-corrected chi connectivity index (χ3v) is 5.26. The van der Waals surface area contributed by atoms with Crippen molar-refractivity contribution >= 4 is 11.8 Å². The maximum absolute atomic E-state index is 12.7. The number of hydrogen-bond donors (Lipinski definition) is 1. The maximum atomic E-state index is 12.7. The lowest BCUT2D eigenvalue weighted by atomic mass is 10.1. The summed E-state index contributed by atoms with van der Waals surface area (Å²) in [4.78, 5) is 29.0. The molecule has 0 bridgehead atoms. The third kappa shape index (κ3) is 5.42. The van der Waals surface area contributed by atoms with E-state index in [1.54, 1.807) is 16.6 Å². The Bertz CT molecular complexity index is 789. The van der Waals surface area contributed by atoms with Crippen LogP contribution in [0.2, 0.25) is 0 Å². The maximum Gasteiger partial charge on any atom is 0.237 e. The summed E-state index contributed by atoms with van der Waals surface area (Å²) in [6.45, 7) is 2.79. The molecule has 0 unspecified atom stereocenters. The largest absolute Gasteiger partial charge is 0.353 e. The molecule has 1 atom stereocenters. The number of benzene rings is 1. The van der Waals surface area contributed by atoms with Crippen LogP contribution in [0.25, 0.3) is 0 Å². The van der Waals surface area contributed by atoms with Crippen molar-refractivity contribution in [2.24, 2.45) is 7.05 Å². The monoisotopic (exact) mass is 383 g/mol. The fraction of sp³-hybridized carbons (Fsp3) is 0.476. The molecule has 7 heteroatoms. The number of aryl methyl sites for hydroxylation is 1. The lowest BCUT2D eigenvalue weighted by molar-refractivity contribution is -0.138. The molecule has 1 aromatic carbocycles. The van der Waals surface area contributed by atoms with Gasteiger partial charge in [0.2, 0.25) is 11.8 Å². The van der Waals surface area contributed by atoms with Gasteiger partial charge in [0.15, 0.2) is 0 Å². The van der Waals surface area contributed by atoms with Gasteiger partial charge in [-0.1, -0.05) is 30.3 Å². The number of likely N-dealkylation sites (N-methyl/N-ethyl adjacent to an activating group) is 1. The molecule has 1 N–H and O–H groups in total. The van der Waals surface area contributed by atoms with E-state index in [1.807, 2.05) is 37.6 Å². The van der Waals surface area contributed by atoms with Crippen molar-refractivity contribution in [2.75, 3.05) is 33.2 Å². The van der Waals surface area contributed by atoms with Gasteiger partial charge in [0.1, 0.15) is 0 Å². The summed E-state index contributed by atoms with van der Waals surface area (Å²) < 4.78 is 1.76. The van der Waals surface area contributed by atoms with Crippen molar-refractivity contribution in [3.8, 4) is 0 Å². The minimum atomic E-state index is -0.397. The lowest BCUT2D eigenvalue weighted by Crippen LogP contribution is -2.57. The zero-order chi connectivity index (χ0) is 19.9. The Morgan fingerprint density at radius 2 is 2.04 bits per heavy atom. The molecule has 28 heavy (non-hydrogen) atoms. The molecule has 1 aromatic heterocycles. The second-order valence-electron chi connectivity index (χ2n) is 7.37. The smallest absolute Gasteiger partial charge is 0.237 e. The number of hydrogen-bond acceptors (Lipinski definition) is 4. The van der Waals surface area contributed by atoms with Gasteiger partial charge in [-0.15, -0.1) is 0 Å². The molecule has 0 radical (unpaired) electrons. The van der Waals surface area contributed by atoms with Crippen LogP contribution < -0.4 is 5.32 Å². The second kappa shape index (κ2) is 9.50. The van der Waals surface area contributed by atoms with E-state index in [2.05, 4.69) is 27.4 Å². The normalized spacial score (nSPS) is 17.4. The van der Waals surface area contributed by atoms with E-state index in [9.17, 15) is 9.59 Å². The zero-order valence-corrected chi connectivity index (χ0v) is 16.7. The number of piperazine rings is 1. The van der Waals surface area contributed by atoms with Gasteiger partial charge in [0.25, 0.3) is 0 Å². The zero-order valence-electron chi connectivity index (χ0n) is 16.7. The van der Waals surface area contributed by atoms with Crippen molar-refractivity contribution in [3.05, 3.63) is 53.9 Å². The molecule has 1 aliphatic heterocycles. The van der Waals surface area contributed by atoms with Crippen LogP contribution in [0.1, 0.15) is 17.5 Å². The molecular formula is C21H29N5O2. The summed E-state index contributed by atoms with van der Waals surface area (Å²) in [7, 11) is 3.68. The van der Waals surface area contributed by atoms with Gasteiger partial charge in [-0.2, -0.15) is 5.10 Å². The van der Waals surface area contributed by atoms with Crippen LogP contribution in [0.5, 0.6) is 0 Å². The van der Waals surface area contributed by atoms with Gasteiger partial charge < -0.3 is 10.2 Å². The molecule has 1 aliphatic rings. The van der Waals surface area contributed by atoms with Crippen LogP contribution in [0.3, 0.4) is 0 Å². The minimum absolute atomic E-state index is 0.00403. The van der Waals surface area contributed by atoms with Gasteiger partial charge in [-0.25, -0.2) is 0 Å². The summed E-state index contributed by atoms with van der Waals surface area (Å²) >= 11 is 0. The molecule has 2 aromatic rings. The van der Waals surface area contributed by atoms with E-state index in [0.717, 1.165) is 31.5 Å². The molecule has 1 fully saturated rings. The molecule has 0 aliphatic carbocycles.